The quantitative estimate of drug-likeness (QED) is 0.465. The maximum absolute atomic E-state index is 12.2. The second kappa shape index (κ2) is 9.41. The maximum Gasteiger partial charge on any atom is 0.307 e. The number of furan rings is 1. The molecule has 0 aliphatic heterocycles. The summed E-state index contributed by atoms with van der Waals surface area (Å²) in [5.74, 6) is 1.84. The molecule has 28 heavy (non-hydrogen) atoms. The topological polar surface area (TPSA) is 73.1 Å². The van der Waals surface area contributed by atoms with Gasteiger partial charge in [-0.05, 0) is 67.9 Å². The fourth-order valence-electron chi connectivity index (χ4n) is 2.46. The summed E-state index contributed by atoms with van der Waals surface area (Å²) >= 11 is 0. The molecule has 1 N–H and O–H groups in total. The lowest BCUT2D eigenvalue weighted by Crippen LogP contribution is -2.18. The summed E-state index contributed by atoms with van der Waals surface area (Å²) in [6.45, 7) is 4.61. The fraction of sp³-hybridized carbons (Fsp3) is 0.182. The van der Waals surface area contributed by atoms with Gasteiger partial charge in [0.1, 0.15) is 23.9 Å². The van der Waals surface area contributed by atoms with E-state index in [1.807, 2.05) is 68.4 Å². The number of hydrazone groups is 1. The van der Waals surface area contributed by atoms with E-state index in [1.165, 1.54) is 0 Å². The molecule has 0 fully saturated rings. The van der Waals surface area contributed by atoms with Gasteiger partial charge in [-0.25, -0.2) is 5.43 Å². The summed E-state index contributed by atoms with van der Waals surface area (Å²) in [4.78, 5) is 12.2. The summed E-state index contributed by atoms with van der Waals surface area (Å²) in [6.07, 6.45) is 0. The number of ether oxygens (including phenoxy) is 2. The van der Waals surface area contributed by atoms with Crippen LogP contribution in [0.2, 0.25) is 0 Å². The van der Waals surface area contributed by atoms with Crippen molar-refractivity contribution in [1.29, 1.82) is 0 Å². The molecule has 0 bridgehead atoms. The number of rotatable bonds is 8. The average molecular weight is 378 g/mol. The molecule has 1 amide bonds. The minimum absolute atomic E-state index is 0.176. The molecule has 0 saturated carbocycles. The van der Waals surface area contributed by atoms with Crippen LogP contribution in [0.4, 0.5) is 0 Å². The lowest BCUT2D eigenvalue weighted by atomic mass is 10.1. The zero-order valence-corrected chi connectivity index (χ0v) is 15.8. The normalized spacial score (nSPS) is 11.1. The number of benzene rings is 2. The Hall–Kier alpha value is -3.54. The van der Waals surface area contributed by atoms with Gasteiger partial charge in [0.05, 0.1) is 12.3 Å². The Bertz CT molecular complexity index is 931. The van der Waals surface area contributed by atoms with E-state index in [2.05, 4.69) is 10.5 Å². The van der Waals surface area contributed by atoms with Gasteiger partial charge in [0.2, 0.25) is 0 Å². The van der Waals surface area contributed by atoms with Crippen LogP contribution in [0.25, 0.3) is 0 Å². The van der Waals surface area contributed by atoms with Crippen molar-refractivity contribution in [3.05, 3.63) is 83.8 Å². The van der Waals surface area contributed by atoms with Gasteiger partial charge in [-0.3, -0.25) is 4.79 Å². The number of para-hydroxylation sites is 1. The van der Waals surface area contributed by atoms with Crippen molar-refractivity contribution in [1.82, 2.24) is 5.43 Å². The SMILES string of the molecule is CCOc1ccc(/C(C)=N\NC(=O)c2ccc(COc3ccccc3)o2)cc1. The van der Waals surface area contributed by atoms with Gasteiger partial charge >= 0.3 is 5.91 Å². The van der Waals surface area contributed by atoms with Crippen molar-refractivity contribution in [2.45, 2.75) is 20.5 Å². The predicted octanol–water partition coefficient (Wildman–Crippen LogP) is 4.41. The standard InChI is InChI=1S/C22H22N2O4/c1-3-26-19-11-9-17(10-12-19)16(2)23-24-22(25)21-14-13-20(28-21)15-27-18-7-5-4-6-8-18/h4-14H,3,15H2,1-2H3,(H,24,25)/b23-16-. The smallest absolute Gasteiger partial charge is 0.307 e. The van der Waals surface area contributed by atoms with Crippen molar-refractivity contribution >= 4 is 11.6 Å². The van der Waals surface area contributed by atoms with E-state index in [-0.39, 0.29) is 12.4 Å². The predicted molar refractivity (Wildman–Crippen MR) is 107 cm³/mol. The van der Waals surface area contributed by atoms with Crippen molar-refractivity contribution < 1.29 is 18.7 Å². The van der Waals surface area contributed by atoms with Crippen LogP contribution in [0.15, 0.2) is 76.2 Å². The number of hydrogen-bond acceptors (Lipinski definition) is 5. The van der Waals surface area contributed by atoms with Gasteiger partial charge in [-0.2, -0.15) is 5.10 Å². The molecule has 6 nitrogen and oxygen atoms in total. The average Bonchev–Trinajstić information content (AvgIpc) is 3.21. The molecule has 6 heteroatoms. The fourth-order valence-corrected chi connectivity index (χ4v) is 2.46. The molecule has 1 aromatic heterocycles. The minimum Gasteiger partial charge on any atom is -0.494 e. The first-order chi connectivity index (χ1) is 13.7. The molecule has 0 aliphatic carbocycles. The van der Waals surface area contributed by atoms with Crippen LogP contribution < -0.4 is 14.9 Å². The van der Waals surface area contributed by atoms with Gasteiger partial charge in [-0.1, -0.05) is 18.2 Å². The molecule has 1 heterocycles. The third-order valence-electron chi connectivity index (χ3n) is 3.92. The van der Waals surface area contributed by atoms with Gasteiger partial charge in [-0.15, -0.1) is 0 Å². The van der Waals surface area contributed by atoms with E-state index >= 15 is 0 Å². The van der Waals surface area contributed by atoms with Crippen LogP contribution in [-0.2, 0) is 6.61 Å². The lowest BCUT2D eigenvalue weighted by Gasteiger charge is -2.05. The summed E-state index contributed by atoms with van der Waals surface area (Å²) in [5, 5.41) is 4.13. The first-order valence-corrected chi connectivity index (χ1v) is 9.00. The Morgan fingerprint density at radius 3 is 2.39 bits per heavy atom. The third kappa shape index (κ3) is 5.23. The Kier molecular flexibility index (Phi) is 6.46. The van der Waals surface area contributed by atoms with Crippen LogP contribution in [0.1, 0.15) is 35.7 Å². The molecule has 0 atom stereocenters. The molecule has 3 rings (SSSR count). The molecule has 3 aromatic rings. The zero-order valence-electron chi connectivity index (χ0n) is 15.8. The Morgan fingerprint density at radius 2 is 1.68 bits per heavy atom. The van der Waals surface area contributed by atoms with E-state index in [1.54, 1.807) is 12.1 Å². The highest BCUT2D eigenvalue weighted by molar-refractivity contribution is 6.00. The largest absolute Gasteiger partial charge is 0.494 e. The first kappa shape index (κ1) is 19.2. The highest BCUT2D eigenvalue weighted by Gasteiger charge is 2.11. The molecule has 0 saturated heterocycles. The van der Waals surface area contributed by atoms with Crippen molar-refractivity contribution in [3.63, 3.8) is 0 Å². The third-order valence-corrected chi connectivity index (χ3v) is 3.92. The van der Waals surface area contributed by atoms with E-state index in [0.29, 0.717) is 18.1 Å². The van der Waals surface area contributed by atoms with E-state index in [4.69, 9.17) is 13.9 Å². The summed E-state index contributed by atoms with van der Waals surface area (Å²) in [6, 6.07) is 20.2. The van der Waals surface area contributed by atoms with E-state index < -0.39 is 5.91 Å². The highest BCUT2D eigenvalue weighted by Crippen LogP contribution is 2.15. The van der Waals surface area contributed by atoms with E-state index in [0.717, 1.165) is 17.1 Å². The van der Waals surface area contributed by atoms with E-state index in [9.17, 15) is 4.79 Å². The number of carbonyl (C=O) groups is 1. The summed E-state index contributed by atoms with van der Waals surface area (Å²) in [7, 11) is 0. The van der Waals surface area contributed by atoms with Gasteiger partial charge in [0.15, 0.2) is 5.76 Å². The number of nitrogens with one attached hydrogen (secondary N) is 1. The Labute approximate surface area is 163 Å². The van der Waals surface area contributed by atoms with Crippen molar-refractivity contribution in [3.8, 4) is 11.5 Å². The summed E-state index contributed by atoms with van der Waals surface area (Å²) in [5.41, 5.74) is 4.07. The zero-order chi connectivity index (χ0) is 19.8. The molecule has 0 radical (unpaired) electrons. The monoisotopic (exact) mass is 378 g/mol. The highest BCUT2D eigenvalue weighted by atomic mass is 16.5. The molecule has 144 valence electrons. The molecule has 0 spiro atoms. The second-order valence-corrected chi connectivity index (χ2v) is 5.96. The van der Waals surface area contributed by atoms with Gasteiger partial charge in [0, 0.05) is 0 Å². The number of nitrogens with zero attached hydrogens (tertiary/aromatic N) is 1. The van der Waals surface area contributed by atoms with Crippen molar-refractivity contribution in [2.24, 2.45) is 5.10 Å². The maximum atomic E-state index is 12.2. The second-order valence-electron chi connectivity index (χ2n) is 5.96. The van der Waals surface area contributed by atoms with Gasteiger partial charge < -0.3 is 13.9 Å². The molecule has 0 aliphatic rings. The lowest BCUT2D eigenvalue weighted by molar-refractivity contribution is 0.0923. The Morgan fingerprint density at radius 1 is 0.964 bits per heavy atom. The van der Waals surface area contributed by atoms with Gasteiger partial charge in [0.25, 0.3) is 0 Å². The first-order valence-electron chi connectivity index (χ1n) is 9.00. The van der Waals surface area contributed by atoms with Crippen LogP contribution in [0.5, 0.6) is 11.5 Å². The van der Waals surface area contributed by atoms with Crippen LogP contribution >= 0.6 is 0 Å². The minimum atomic E-state index is -0.420. The molecule has 0 unspecified atom stereocenters. The van der Waals surface area contributed by atoms with Crippen molar-refractivity contribution in [2.75, 3.05) is 6.61 Å². The number of amides is 1. The van der Waals surface area contributed by atoms with Crippen LogP contribution in [0.3, 0.4) is 0 Å². The van der Waals surface area contributed by atoms with Crippen LogP contribution in [0, 0.1) is 0 Å². The molecule has 2 aromatic carbocycles. The number of carbonyl (C=O) groups excluding carboxylic acids is 1. The Balaban J connectivity index is 1.55. The summed E-state index contributed by atoms with van der Waals surface area (Å²) < 4.78 is 16.5. The van der Waals surface area contributed by atoms with Crippen LogP contribution in [-0.4, -0.2) is 18.2 Å². The number of hydrogen-bond donors (Lipinski definition) is 1. The molecular formula is C22H22N2O4. The molecular weight excluding hydrogens is 356 g/mol.